The van der Waals surface area contributed by atoms with Crippen LogP contribution >= 0.6 is 0 Å². The Hall–Kier alpha value is -3.34. The maximum absolute atomic E-state index is 12.5. The number of nitrogens with zero attached hydrogens (tertiary/aromatic N) is 1. The van der Waals surface area contributed by atoms with E-state index in [1.54, 1.807) is 19.4 Å². The minimum atomic E-state index is 0.0165. The van der Waals surface area contributed by atoms with E-state index in [1.807, 2.05) is 60.7 Å². The molecule has 3 aromatic rings. The Morgan fingerprint density at radius 2 is 1.74 bits per heavy atom. The largest absolute Gasteiger partial charge is 0.497 e. The molecule has 0 bridgehead atoms. The molecule has 2 aromatic carbocycles. The fourth-order valence-corrected chi connectivity index (χ4v) is 3.07. The molecule has 27 heavy (non-hydrogen) atoms. The first kappa shape index (κ1) is 17.1. The molecule has 5 heteroatoms. The molecule has 1 N–H and O–H groups in total. The average Bonchev–Trinajstić information content (AvgIpc) is 3.51. The maximum Gasteiger partial charge on any atom is 0.228 e. The fourth-order valence-electron chi connectivity index (χ4n) is 3.07. The van der Waals surface area contributed by atoms with Crippen molar-refractivity contribution in [1.82, 2.24) is 4.98 Å². The van der Waals surface area contributed by atoms with Crippen LogP contribution in [0.1, 0.15) is 17.9 Å². The van der Waals surface area contributed by atoms with E-state index in [2.05, 4.69) is 10.3 Å². The number of hydrogen-bond acceptors (Lipinski definition) is 4. The lowest BCUT2D eigenvalue weighted by molar-refractivity contribution is -0.117. The van der Waals surface area contributed by atoms with Crippen molar-refractivity contribution >= 4 is 11.6 Å². The zero-order valence-corrected chi connectivity index (χ0v) is 15.0. The predicted octanol–water partition coefficient (Wildman–Crippen LogP) is 4.62. The van der Waals surface area contributed by atoms with Crippen molar-refractivity contribution in [3.63, 3.8) is 0 Å². The SMILES string of the molecule is COc1ccc([C@@H]2C[C@H]2C(=O)Nc2ccc(Oc3ccccn3)cc2)cc1. The summed E-state index contributed by atoms with van der Waals surface area (Å²) >= 11 is 0. The van der Waals surface area contributed by atoms with E-state index < -0.39 is 0 Å². The van der Waals surface area contributed by atoms with Gasteiger partial charge in [0.05, 0.1) is 7.11 Å². The van der Waals surface area contributed by atoms with Crippen LogP contribution in [0.5, 0.6) is 17.4 Å². The van der Waals surface area contributed by atoms with Crippen molar-refractivity contribution in [3.05, 3.63) is 78.5 Å². The van der Waals surface area contributed by atoms with E-state index in [1.165, 1.54) is 5.56 Å². The zero-order chi connectivity index (χ0) is 18.6. The fraction of sp³-hybridized carbons (Fsp3) is 0.182. The second-order valence-corrected chi connectivity index (χ2v) is 6.51. The molecule has 0 spiro atoms. The molecule has 1 fully saturated rings. The number of methoxy groups -OCH3 is 1. The molecule has 1 amide bonds. The van der Waals surface area contributed by atoms with E-state index in [9.17, 15) is 4.79 Å². The molecule has 0 unspecified atom stereocenters. The van der Waals surface area contributed by atoms with Gasteiger partial charge in [0.1, 0.15) is 11.5 Å². The van der Waals surface area contributed by atoms with Crippen molar-refractivity contribution in [2.24, 2.45) is 5.92 Å². The Morgan fingerprint density at radius 3 is 2.41 bits per heavy atom. The molecule has 0 radical (unpaired) electrons. The molecule has 0 saturated heterocycles. The van der Waals surface area contributed by atoms with Crippen LogP contribution in [0.2, 0.25) is 0 Å². The minimum Gasteiger partial charge on any atom is -0.497 e. The highest BCUT2D eigenvalue weighted by atomic mass is 16.5. The summed E-state index contributed by atoms with van der Waals surface area (Å²) in [4.78, 5) is 16.6. The third-order valence-electron chi connectivity index (χ3n) is 4.65. The molecule has 4 rings (SSSR count). The van der Waals surface area contributed by atoms with Gasteiger partial charge in [0, 0.05) is 23.9 Å². The number of aromatic nitrogens is 1. The smallest absolute Gasteiger partial charge is 0.228 e. The molecule has 1 aliphatic rings. The van der Waals surface area contributed by atoms with Crippen LogP contribution in [0.4, 0.5) is 5.69 Å². The second-order valence-electron chi connectivity index (χ2n) is 6.51. The normalized spacial score (nSPS) is 17.8. The summed E-state index contributed by atoms with van der Waals surface area (Å²) in [5, 5.41) is 2.98. The number of anilines is 1. The van der Waals surface area contributed by atoms with Gasteiger partial charge in [-0.3, -0.25) is 4.79 Å². The zero-order valence-electron chi connectivity index (χ0n) is 15.0. The lowest BCUT2D eigenvalue weighted by Crippen LogP contribution is -2.14. The predicted molar refractivity (Wildman–Crippen MR) is 103 cm³/mol. The number of benzene rings is 2. The van der Waals surface area contributed by atoms with Crippen LogP contribution in [-0.4, -0.2) is 18.0 Å². The third-order valence-corrected chi connectivity index (χ3v) is 4.65. The van der Waals surface area contributed by atoms with Crippen molar-refractivity contribution in [2.45, 2.75) is 12.3 Å². The monoisotopic (exact) mass is 360 g/mol. The molecule has 2 atom stereocenters. The second kappa shape index (κ2) is 7.50. The minimum absolute atomic E-state index is 0.0165. The third kappa shape index (κ3) is 4.08. The Kier molecular flexibility index (Phi) is 4.75. The molecule has 1 aromatic heterocycles. The summed E-state index contributed by atoms with van der Waals surface area (Å²) in [7, 11) is 1.65. The molecular weight excluding hydrogens is 340 g/mol. The average molecular weight is 360 g/mol. The lowest BCUT2D eigenvalue weighted by Gasteiger charge is -2.08. The van der Waals surface area contributed by atoms with E-state index in [0.29, 0.717) is 11.6 Å². The van der Waals surface area contributed by atoms with Gasteiger partial charge in [-0.15, -0.1) is 0 Å². The number of rotatable bonds is 6. The highest BCUT2D eigenvalue weighted by Crippen LogP contribution is 2.48. The Balaban J connectivity index is 1.33. The van der Waals surface area contributed by atoms with Crippen molar-refractivity contribution in [2.75, 3.05) is 12.4 Å². The highest BCUT2D eigenvalue weighted by molar-refractivity contribution is 5.95. The number of carbonyl (C=O) groups is 1. The van der Waals surface area contributed by atoms with Crippen molar-refractivity contribution < 1.29 is 14.3 Å². The Morgan fingerprint density at radius 1 is 1.00 bits per heavy atom. The van der Waals surface area contributed by atoms with Gasteiger partial charge in [0.2, 0.25) is 11.8 Å². The van der Waals surface area contributed by atoms with Gasteiger partial charge in [-0.1, -0.05) is 18.2 Å². The van der Waals surface area contributed by atoms with Crippen LogP contribution in [0.25, 0.3) is 0 Å². The molecule has 136 valence electrons. The molecular formula is C22H20N2O3. The molecule has 5 nitrogen and oxygen atoms in total. The van der Waals surface area contributed by atoms with Gasteiger partial charge >= 0.3 is 0 Å². The molecule has 1 saturated carbocycles. The van der Waals surface area contributed by atoms with Crippen LogP contribution in [-0.2, 0) is 4.79 Å². The van der Waals surface area contributed by atoms with Gasteiger partial charge in [0.15, 0.2) is 0 Å². The van der Waals surface area contributed by atoms with Crippen LogP contribution in [0.15, 0.2) is 72.9 Å². The Bertz CT molecular complexity index is 909. The molecule has 1 aliphatic carbocycles. The first-order valence-electron chi connectivity index (χ1n) is 8.87. The summed E-state index contributed by atoms with van der Waals surface area (Å²) in [6, 6.07) is 20.7. The van der Waals surface area contributed by atoms with E-state index >= 15 is 0 Å². The van der Waals surface area contributed by atoms with E-state index in [0.717, 1.165) is 17.9 Å². The van der Waals surface area contributed by atoms with E-state index in [4.69, 9.17) is 9.47 Å². The maximum atomic E-state index is 12.5. The first-order chi connectivity index (χ1) is 13.2. The van der Waals surface area contributed by atoms with E-state index in [-0.39, 0.29) is 17.7 Å². The summed E-state index contributed by atoms with van der Waals surface area (Å²) in [5.74, 6) is 2.39. The van der Waals surface area contributed by atoms with Crippen LogP contribution in [0, 0.1) is 5.92 Å². The standard InChI is InChI=1S/C22H20N2O3/c1-26-17-9-5-15(6-10-17)19-14-20(19)22(25)24-16-7-11-18(12-8-16)27-21-4-2-3-13-23-21/h2-13,19-20H,14H2,1H3,(H,24,25)/t19-,20+/m0/s1. The summed E-state index contributed by atoms with van der Waals surface area (Å²) in [6.07, 6.45) is 2.55. The van der Waals surface area contributed by atoms with Gasteiger partial charge < -0.3 is 14.8 Å². The number of pyridine rings is 1. The van der Waals surface area contributed by atoms with Crippen LogP contribution in [0.3, 0.4) is 0 Å². The summed E-state index contributed by atoms with van der Waals surface area (Å²) < 4.78 is 10.8. The lowest BCUT2D eigenvalue weighted by atomic mass is 10.1. The number of nitrogens with one attached hydrogen (secondary N) is 1. The number of amides is 1. The van der Waals surface area contributed by atoms with Gasteiger partial charge in [-0.2, -0.15) is 0 Å². The van der Waals surface area contributed by atoms with Gasteiger partial charge in [-0.25, -0.2) is 4.98 Å². The summed E-state index contributed by atoms with van der Waals surface area (Å²) in [6.45, 7) is 0. The topological polar surface area (TPSA) is 60.5 Å². The highest BCUT2D eigenvalue weighted by Gasteiger charge is 2.43. The molecule has 0 aliphatic heterocycles. The number of carbonyl (C=O) groups excluding carboxylic acids is 1. The molecule has 1 heterocycles. The quantitative estimate of drug-likeness (QED) is 0.696. The van der Waals surface area contributed by atoms with Crippen molar-refractivity contribution in [3.8, 4) is 17.4 Å². The number of hydrogen-bond donors (Lipinski definition) is 1. The van der Waals surface area contributed by atoms with Crippen molar-refractivity contribution in [1.29, 1.82) is 0 Å². The summed E-state index contributed by atoms with van der Waals surface area (Å²) in [5.41, 5.74) is 1.93. The number of ether oxygens (including phenoxy) is 2. The van der Waals surface area contributed by atoms with Gasteiger partial charge in [-0.05, 0) is 60.4 Å². The van der Waals surface area contributed by atoms with Crippen LogP contribution < -0.4 is 14.8 Å². The van der Waals surface area contributed by atoms with Gasteiger partial charge in [0.25, 0.3) is 0 Å². The first-order valence-corrected chi connectivity index (χ1v) is 8.87. The Labute approximate surface area is 158 Å².